The Bertz CT molecular complexity index is 549. The van der Waals surface area contributed by atoms with E-state index in [0.29, 0.717) is 6.54 Å². The summed E-state index contributed by atoms with van der Waals surface area (Å²) in [7, 11) is 0. The highest BCUT2D eigenvalue weighted by Crippen LogP contribution is 2.13. The van der Waals surface area contributed by atoms with Gasteiger partial charge in [0.15, 0.2) is 0 Å². The second kappa shape index (κ2) is 3.65. The van der Waals surface area contributed by atoms with E-state index in [1.807, 2.05) is 24.3 Å². The molecule has 0 atom stereocenters. The fourth-order valence-corrected chi connectivity index (χ4v) is 1.52. The normalized spacial score (nSPS) is 10.8. The highest BCUT2D eigenvalue weighted by molar-refractivity contribution is 5.77. The van der Waals surface area contributed by atoms with Gasteiger partial charge in [-0.15, -0.1) is 0 Å². The number of rotatable bonds is 3. The van der Waals surface area contributed by atoms with Gasteiger partial charge in [0.2, 0.25) is 5.95 Å². The van der Waals surface area contributed by atoms with Crippen LogP contribution in [0.15, 0.2) is 30.6 Å². The first-order valence-corrected chi connectivity index (χ1v) is 4.95. The summed E-state index contributed by atoms with van der Waals surface area (Å²) >= 11 is 0. The van der Waals surface area contributed by atoms with Crippen molar-refractivity contribution in [1.29, 1.82) is 0 Å². The molecular weight excluding hydrogens is 204 g/mol. The van der Waals surface area contributed by atoms with Crippen LogP contribution >= 0.6 is 0 Å². The monoisotopic (exact) mass is 214 g/mol. The Labute approximate surface area is 91.1 Å². The molecule has 2 aromatic heterocycles. The van der Waals surface area contributed by atoms with Gasteiger partial charge < -0.3 is 10.3 Å². The largest absolute Gasteiger partial charge is 0.349 e. The van der Waals surface area contributed by atoms with Gasteiger partial charge in [-0.3, -0.25) is 5.10 Å². The van der Waals surface area contributed by atoms with E-state index in [1.54, 1.807) is 0 Å². The lowest BCUT2D eigenvalue weighted by molar-refractivity contribution is 0.943. The minimum absolute atomic E-state index is 0.569. The summed E-state index contributed by atoms with van der Waals surface area (Å²) in [5.74, 6) is 1.51. The van der Waals surface area contributed by atoms with E-state index in [0.717, 1.165) is 22.8 Å². The number of H-pyrrole nitrogens is 2. The highest BCUT2D eigenvalue weighted by Gasteiger charge is 2.01. The fourth-order valence-electron chi connectivity index (χ4n) is 1.52. The molecule has 2 heterocycles. The zero-order valence-electron chi connectivity index (χ0n) is 8.44. The van der Waals surface area contributed by atoms with Crippen LogP contribution in [0.25, 0.3) is 11.0 Å². The maximum atomic E-state index is 4.38. The van der Waals surface area contributed by atoms with Crippen LogP contribution in [0.2, 0.25) is 0 Å². The van der Waals surface area contributed by atoms with E-state index in [-0.39, 0.29) is 0 Å². The summed E-state index contributed by atoms with van der Waals surface area (Å²) in [5, 5.41) is 9.68. The second-order valence-electron chi connectivity index (χ2n) is 3.39. The lowest BCUT2D eigenvalue weighted by atomic mass is 10.3. The van der Waals surface area contributed by atoms with Crippen LogP contribution in [-0.2, 0) is 6.54 Å². The maximum absolute atomic E-state index is 4.38. The molecule has 0 radical (unpaired) electrons. The Morgan fingerprint density at radius 1 is 1.25 bits per heavy atom. The van der Waals surface area contributed by atoms with Gasteiger partial charge in [0, 0.05) is 0 Å². The molecule has 0 saturated heterocycles. The number of fused-ring (bicyclic) bond motifs is 1. The van der Waals surface area contributed by atoms with Crippen molar-refractivity contribution in [2.45, 2.75) is 6.54 Å². The van der Waals surface area contributed by atoms with Crippen molar-refractivity contribution >= 4 is 17.0 Å². The number of anilines is 1. The number of nitrogens with one attached hydrogen (secondary N) is 3. The van der Waals surface area contributed by atoms with E-state index in [2.05, 4.69) is 30.5 Å². The van der Waals surface area contributed by atoms with Crippen LogP contribution in [0, 0.1) is 0 Å². The van der Waals surface area contributed by atoms with Crippen LogP contribution in [0.3, 0.4) is 0 Å². The minimum atomic E-state index is 0.569. The summed E-state index contributed by atoms with van der Waals surface area (Å²) in [4.78, 5) is 11.6. The summed E-state index contributed by atoms with van der Waals surface area (Å²) < 4.78 is 0. The highest BCUT2D eigenvalue weighted by atomic mass is 15.2. The number of nitrogens with zero attached hydrogens (tertiary/aromatic N) is 3. The van der Waals surface area contributed by atoms with Crippen LogP contribution in [0.4, 0.5) is 5.95 Å². The molecule has 0 saturated carbocycles. The number of benzene rings is 1. The number of hydrogen-bond donors (Lipinski definition) is 3. The molecule has 3 N–H and O–H groups in total. The van der Waals surface area contributed by atoms with Crippen molar-refractivity contribution in [3.63, 3.8) is 0 Å². The number of para-hydroxylation sites is 2. The lowest BCUT2D eigenvalue weighted by Crippen LogP contribution is -2.02. The summed E-state index contributed by atoms with van der Waals surface area (Å²) in [6, 6.07) is 7.89. The number of hydrogen-bond acceptors (Lipinski definition) is 4. The quantitative estimate of drug-likeness (QED) is 0.613. The van der Waals surface area contributed by atoms with E-state index in [1.165, 1.54) is 6.33 Å². The van der Waals surface area contributed by atoms with Crippen molar-refractivity contribution in [2.75, 3.05) is 5.32 Å². The molecule has 0 unspecified atom stereocenters. The van der Waals surface area contributed by atoms with Gasteiger partial charge in [-0.2, -0.15) is 5.10 Å². The molecule has 0 aliphatic carbocycles. The molecule has 0 amide bonds. The third kappa shape index (κ3) is 1.60. The van der Waals surface area contributed by atoms with Gasteiger partial charge in [-0.1, -0.05) is 12.1 Å². The van der Waals surface area contributed by atoms with Gasteiger partial charge >= 0.3 is 0 Å². The average Bonchev–Trinajstić information content (AvgIpc) is 2.95. The first kappa shape index (κ1) is 8.90. The molecule has 3 aromatic rings. The van der Waals surface area contributed by atoms with Crippen molar-refractivity contribution in [1.82, 2.24) is 25.1 Å². The van der Waals surface area contributed by atoms with Crippen molar-refractivity contribution in [2.24, 2.45) is 0 Å². The SMILES string of the molecule is c1ccc2[nH]c(NCc3ncn[nH]3)nc2c1. The number of imidazole rings is 1. The molecule has 0 aliphatic heterocycles. The van der Waals surface area contributed by atoms with E-state index < -0.39 is 0 Å². The van der Waals surface area contributed by atoms with E-state index in [9.17, 15) is 0 Å². The molecule has 0 fully saturated rings. The molecule has 6 heteroatoms. The van der Waals surface area contributed by atoms with Gasteiger partial charge in [0.1, 0.15) is 12.2 Å². The lowest BCUT2D eigenvalue weighted by Gasteiger charge is -1.97. The Hall–Kier alpha value is -2.37. The summed E-state index contributed by atoms with van der Waals surface area (Å²) in [6.45, 7) is 0.569. The van der Waals surface area contributed by atoms with E-state index in [4.69, 9.17) is 0 Å². The standard InChI is InChI=1S/C10H10N6/c1-2-4-8-7(3-1)14-10(15-8)11-5-9-12-6-13-16-9/h1-4,6H,5H2,(H2,11,14,15)(H,12,13,16). The Morgan fingerprint density at radius 2 is 2.19 bits per heavy atom. The van der Waals surface area contributed by atoms with Gasteiger partial charge in [-0.25, -0.2) is 9.97 Å². The molecule has 3 rings (SSSR count). The zero-order chi connectivity index (χ0) is 10.8. The Balaban J connectivity index is 1.79. The summed E-state index contributed by atoms with van der Waals surface area (Å²) in [6.07, 6.45) is 1.48. The predicted octanol–water partition coefficient (Wildman–Crippen LogP) is 1.29. The topological polar surface area (TPSA) is 82.3 Å². The molecule has 1 aromatic carbocycles. The Kier molecular flexibility index (Phi) is 2.03. The van der Waals surface area contributed by atoms with E-state index >= 15 is 0 Å². The zero-order valence-corrected chi connectivity index (χ0v) is 8.44. The minimum Gasteiger partial charge on any atom is -0.349 e. The second-order valence-corrected chi connectivity index (χ2v) is 3.39. The van der Waals surface area contributed by atoms with Gasteiger partial charge in [0.25, 0.3) is 0 Å². The molecule has 16 heavy (non-hydrogen) atoms. The van der Waals surface area contributed by atoms with Crippen LogP contribution < -0.4 is 5.32 Å². The van der Waals surface area contributed by atoms with Crippen molar-refractivity contribution in [3.05, 3.63) is 36.4 Å². The smallest absolute Gasteiger partial charge is 0.201 e. The third-order valence-corrected chi connectivity index (χ3v) is 2.28. The first-order chi connectivity index (χ1) is 7.92. The van der Waals surface area contributed by atoms with Crippen LogP contribution in [0.1, 0.15) is 5.82 Å². The Morgan fingerprint density at radius 3 is 3.00 bits per heavy atom. The molecule has 80 valence electrons. The average molecular weight is 214 g/mol. The fraction of sp³-hybridized carbons (Fsp3) is 0.100. The number of aromatic nitrogens is 5. The predicted molar refractivity (Wildman–Crippen MR) is 59.8 cm³/mol. The molecule has 0 bridgehead atoms. The summed E-state index contributed by atoms with van der Waals surface area (Å²) in [5.41, 5.74) is 1.96. The molecule has 0 spiro atoms. The van der Waals surface area contributed by atoms with Crippen molar-refractivity contribution in [3.8, 4) is 0 Å². The van der Waals surface area contributed by atoms with Crippen molar-refractivity contribution < 1.29 is 0 Å². The molecule has 0 aliphatic rings. The maximum Gasteiger partial charge on any atom is 0.201 e. The third-order valence-electron chi connectivity index (χ3n) is 2.28. The van der Waals surface area contributed by atoms with Crippen LogP contribution in [-0.4, -0.2) is 25.1 Å². The van der Waals surface area contributed by atoms with Crippen LogP contribution in [0.5, 0.6) is 0 Å². The van der Waals surface area contributed by atoms with Gasteiger partial charge in [0.05, 0.1) is 17.6 Å². The number of aromatic amines is 2. The van der Waals surface area contributed by atoms with Gasteiger partial charge in [-0.05, 0) is 12.1 Å². The first-order valence-electron chi connectivity index (χ1n) is 4.95. The molecular formula is C10H10N6. The molecule has 6 nitrogen and oxygen atoms in total.